The number of amides is 1. The van der Waals surface area contributed by atoms with Crippen LogP contribution in [0.4, 0.5) is 4.79 Å². The first-order chi connectivity index (χ1) is 14.3. The van der Waals surface area contributed by atoms with Crippen molar-refractivity contribution in [3.63, 3.8) is 0 Å². The van der Waals surface area contributed by atoms with Gasteiger partial charge in [0.1, 0.15) is 11.3 Å². The van der Waals surface area contributed by atoms with E-state index in [1.807, 2.05) is 41.5 Å². The zero-order valence-electron chi connectivity index (χ0n) is 20.9. The standard InChI is InChI=1S/C22H43N5O4/c1-16-17(27(21(5,6)30-16)19(28)31-20(2,3)4)14-24-18(23-7)25-15-22(26(8)9)10-12-29-13-11-22/h16-17H,10-15H2,1-9H3,(H2,23,24,25). The van der Waals surface area contributed by atoms with E-state index in [4.69, 9.17) is 14.2 Å². The average molecular weight is 442 g/mol. The Kier molecular flexibility index (Phi) is 8.21. The molecule has 0 aromatic rings. The number of likely N-dealkylation sites (N-methyl/N-ethyl adjacent to an activating group) is 1. The Balaban J connectivity index is 2.03. The Morgan fingerprint density at radius 3 is 2.35 bits per heavy atom. The fourth-order valence-corrected chi connectivity index (χ4v) is 4.33. The van der Waals surface area contributed by atoms with Crippen molar-refractivity contribution >= 4 is 12.1 Å². The van der Waals surface area contributed by atoms with Crippen LogP contribution in [-0.4, -0.2) is 98.3 Å². The number of ether oxygens (including phenoxy) is 3. The van der Waals surface area contributed by atoms with E-state index >= 15 is 0 Å². The summed E-state index contributed by atoms with van der Waals surface area (Å²) in [5.41, 5.74) is -1.29. The van der Waals surface area contributed by atoms with Gasteiger partial charge in [0, 0.05) is 38.9 Å². The van der Waals surface area contributed by atoms with E-state index in [2.05, 4.69) is 34.6 Å². The number of hydrogen-bond acceptors (Lipinski definition) is 6. The van der Waals surface area contributed by atoms with Gasteiger partial charge in [0.15, 0.2) is 5.96 Å². The Bertz CT molecular complexity index is 638. The summed E-state index contributed by atoms with van der Waals surface area (Å²) < 4.78 is 17.3. The van der Waals surface area contributed by atoms with Crippen LogP contribution in [0.25, 0.3) is 0 Å². The van der Waals surface area contributed by atoms with Gasteiger partial charge in [-0.2, -0.15) is 0 Å². The van der Waals surface area contributed by atoms with Crippen molar-refractivity contribution in [3.8, 4) is 0 Å². The summed E-state index contributed by atoms with van der Waals surface area (Å²) in [5, 5.41) is 6.85. The summed E-state index contributed by atoms with van der Waals surface area (Å²) in [6, 6.07) is -0.186. The minimum absolute atomic E-state index is 0.0319. The van der Waals surface area contributed by atoms with E-state index in [1.54, 1.807) is 11.9 Å². The van der Waals surface area contributed by atoms with Crippen molar-refractivity contribution in [2.75, 3.05) is 47.4 Å². The van der Waals surface area contributed by atoms with Gasteiger partial charge in [-0.1, -0.05) is 0 Å². The Labute approximate surface area is 187 Å². The van der Waals surface area contributed by atoms with Crippen LogP contribution in [0, 0.1) is 0 Å². The number of aliphatic imine (C=N–C) groups is 1. The second kappa shape index (κ2) is 9.92. The third-order valence-corrected chi connectivity index (χ3v) is 6.18. The molecule has 31 heavy (non-hydrogen) atoms. The van der Waals surface area contributed by atoms with Crippen LogP contribution in [0.3, 0.4) is 0 Å². The van der Waals surface area contributed by atoms with Crippen molar-refractivity contribution < 1.29 is 19.0 Å². The lowest BCUT2D eigenvalue weighted by molar-refractivity contribution is -0.0755. The molecule has 1 amide bonds. The Morgan fingerprint density at radius 2 is 1.84 bits per heavy atom. The number of nitrogens with zero attached hydrogens (tertiary/aromatic N) is 3. The van der Waals surface area contributed by atoms with Gasteiger partial charge in [-0.15, -0.1) is 0 Å². The van der Waals surface area contributed by atoms with E-state index in [9.17, 15) is 4.79 Å². The number of carbonyl (C=O) groups is 1. The molecule has 2 aliphatic rings. The van der Waals surface area contributed by atoms with Crippen molar-refractivity contribution in [3.05, 3.63) is 0 Å². The lowest BCUT2D eigenvalue weighted by atomic mass is 9.88. The van der Waals surface area contributed by atoms with Gasteiger partial charge >= 0.3 is 6.09 Å². The summed E-state index contributed by atoms with van der Waals surface area (Å²) in [6.45, 7) is 14.2. The SMILES string of the molecule is CN=C(NCC1C(C)OC(C)(C)N1C(=O)OC(C)(C)C)NCC1(N(C)C)CCOCC1. The van der Waals surface area contributed by atoms with Gasteiger partial charge in [0.25, 0.3) is 0 Å². The highest BCUT2D eigenvalue weighted by atomic mass is 16.6. The molecule has 2 fully saturated rings. The predicted molar refractivity (Wildman–Crippen MR) is 122 cm³/mol. The highest BCUT2D eigenvalue weighted by molar-refractivity contribution is 5.80. The molecule has 2 heterocycles. The molecule has 0 bridgehead atoms. The number of rotatable bonds is 5. The van der Waals surface area contributed by atoms with Crippen LogP contribution < -0.4 is 10.6 Å². The first-order valence-electron chi connectivity index (χ1n) is 11.2. The Hall–Kier alpha value is -1.58. The lowest BCUT2D eigenvalue weighted by Gasteiger charge is -2.43. The number of carbonyl (C=O) groups excluding carboxylic acids is 1. The molecule has 0 spiro atoms. The topological polar surface area (TPSA) is 87.7 Å². The monoisotopic (exact) mass is 441 g/mol. The summed E-state index contributed by atoms with van der Waals surface area (Å²) in [7, 11) is 5.98. The minimum atomic E-state index is -0.748. The fourth-order valence-electron chi connectivity index (χ4n) is 4.33. The van der Waals surface area contributed by atoms with Gasteiger partial charge in [-0.05, 0) is 68.5 Å². The zero-order chi connectivity index (χ0) is 23.4. The van der Waals surface area contributed by atoms with Crippen molar-refractivity contribution in [2.45, 2.75) is 83.4 Å². The van der Waals surface area contributed by atoms with Crippen LogP contribution in [0.15, 0.2) is 4.99 Å². The molecule has 180 valence electrons. The molecular formula is C22H43N5O4. The highest BCUT2D eigenvalue weighted by Crippen LogP contribution is 2.33. The quantitative estimate of drug-likeness (QED) is 0.498. The van der Waals surface area contributed by atoms with Crippen LogP contribution in [0.2, 0.25) is 0 Å². The number of nitrogens with one attached hydrogen (secondary N) is 2. The molecule has 9 heteroatoms. The van der Waals surface area contributed by atoms with Gasteiger partial charge in [0.05, 0.1) is 12.1 Å². The molecule has 2 unspecified atom stereocenters. The minimum Gasteiger partial charge on any atom is -0.444 e. The molecule has 0 radical (unpaired) electrons. The van der Waals surface area contributed by atoms with Gasteiger partial charge in [0.2, 0.25) is 0 Å². The fraction of sp³-hybridized carbons (Fsp3) is 0.909. The first kappa shape index (κ1) is 25.7. The normalized spacial score (nSPS) is 26.1. The molecular weight excluding hydrogens is 398 g/mol. The lowest BCUT2D eigenvalue weighted by Crippen LogP contribution is -2.58. The largest absolute Gasteiger partial charge is 0.444 e. The maximum atomic E-state index is 12.9. The van der Waals surface area contributed by atoms with Crippen LogP contribution in [0.1, 0.15) is 54.4 Å². The summed E-state index contributed by atoms with van der Waals surface area (Å²) in [6.07, 6.45) is 1.43. The summed E-state index contributed by atoms with van der Waals surface area (Å²) in [5.74, 6) is 0.703. The molecule has 2 atom stereocenters. The smallest absolute Gasteiger partial charge is 0.412 e. The molecule has 2 saturated heterocycles. The molecule has 9 nitrogen and oxygen atoms in total. The molecule has 0 saturated carbocycles. The second-order valence-electron chi connectivity index (χ2n) is 10.2. The highest BCUT2D eigenvalue weighted by Gasteiger charge is 2.49. The molecule has 2 aliphatic heterocycles. The first-order valence-corrected chi connectivity index (χ1v) is 11.2. The third-order valence-electron chi connectivity index (χ3n) is 6.18. The Morgan fingerprint density at radius 1 is 1.23 bits per heavy atom. The van der Waals surface area contributed by atoms with E-state index in [0.717, 1.165) is 32.6 Å². The molecule has 2 rings (SSSR count). The third kappa shape index (κ3) is 6.46. The van der Waals surface area contributed by atoms with Gasteiger partial charge < -0.3 is 29.7 Å². The molecule has 0 aromatic carbocycles. The van der Waals surface area contributed by atoms with Gasteiger partial charge in [-0.25, -0.2) is 4.79 Å². The second-order valence-corrected chi connectivity index (χ2v) is 10.2. The van der Waals surface area contributed by atoms with Crippen molar-refractivity contribution in [1.82, 2.24) is 20.4 Å². The van der Waals surface area contributed by atoms with Crippen LogP contribution in [-0.2, 0) is 14.2 Å². The number of guanidine groups is 1. The van der Waals surface area contributed by atoms with Crippen LogP contribution >= 0.6 is 0 Å². The zero-order valence-corrected chi connectivity index (χ0v) is 20.9. The van der Waals surface area contributed by atoms with E-state index in [-0.39, 0.29) is 23.8 Å². The van der Waals surface area contributed by atoms with E-state index < -0.39 is 11.3 Å². The van der Waals surface area contributed by atoms with Crippen molar-refractivity contribution in [2.24, 2.45) is 4.99 Å². The summed E-state index contributed by atoms with van der Waals surface area (Å²) >= 11 is 0. The maximum Gasteiger partial charge on any atom is 0.412 e. The maximum absolute atomic E-state index is 12.9. The van der Waals surface area contributed by atoms with Crippen molar-refractivity contribution in [1.29, 1.82) is 0 Å². The average Bonchev–Trinajstić information content (AvgIpc) is 2.89. The van der Waals surface area contributed by atoms with Gasteiger partial charge in [-0.3, -0.25) is 9.89 Å². The number of hydrogen-bond donors (Lipinski definition) is 2. The molecule has 0 aromatic heterocycles. The predicted octanol–water partition coefficient (Wildman–Crippen LogP) is 2.02. The summed E-state index contributed by atoms with van der Waals surface area (Å²) in [4.78, 5) is 21.3. The van der Waals surface area contributed by atoms with E-state index in [1.165, 1.54) is 0 Å². The van der Waals surface area contributed by atoms with Crippen LogP contribution in [0.5, 0.6) is 0 Å². The molecule has 0 aliphatic carbocycles. The molecule has 2 N–H and O–H groups in total. The van der Waals surface area contributed by atoms with E-state index in [0.29, 0.717) is 12.5 Å².